The number of carbonyl (C=O) groups is 3. The molecule has 2 atom stereocenters. The second-order valence-electron chi connectivity index (χ2n) is 7.80. The van der Waals surface area contributed by atoms with E-state index in [0.717, 1.165) is 11.1 Å². The Morgan fingerprint density at radius 3 is 2.12 bits per heavy atom. The zero-order chi connectivity index (χ0) is 23.7. The van der Waals surface area contributed by atoms with Crippen LogP contribution in [0, 0.1) is 0 Å². The van der Waals surface area contributed by atoms with Crippen LogP contribution in [0.4, 0.5) is 9.59 Å². The summed E-state index contributed by atoms with van der Waals surface area (Å²) < 4.78 is 15.8. The third-order valence-electron chi connectivity index (χ3n) is 5.38. The van der Waals surface area contributed by atoms with E-state index in [-0.39, 0.29) is 32.2 Å². The highest BCUT2D eigenvalue weighted by atomic mass is 16.6. The number of hydrogen-bond donors (Lipinski definition) is 1. The van der Waals surface area contributed by atoms with Gasteiger partial charge in [-0.15, -0.1) is 0 Å². The summed E-state index contributed by atoms with van der Waals surface area (Å²) in [6, 6.07) is 18.1. The molecule has 2 aromatic rings. The van der Waals surface area contributed by atoms with Crippen molar-refractivity contribution in [2.45, 2.75) is 38.1 Å². The maximum Gasteiger partial charge on any atom is 0.410 e. The van der Waals surface area contributed by atoms with E-state index in [1.54, 1.807) is 19.1 Å². The van der Waals surface area contributed by atoms with Crippen molar-refractivity contribution in [2.24, 2.45) is 0 Å². The van der Waals surface area contributed by atoms with E-state index >= 15 is 0 Å². The van der Waals surface area contributed by atoms with Crippen LogP contribution in [0.1, 0.15) is 24.5 Å². The fraction of sp³-hybridized carbons (Fsp3) is 0.320. The second-order valence-corrected chi connectivity index (χ2v) is 7.80. The first-order valence-electron chi connectivity index (χ1n) is 10.6. The Kier molecular flexibility index (Phi) is 8.07. The number of esters is 1. The first kappa shape index (κ1) is 23.8. The van der Waals surface area contributed by atoms with Crippen LogP contribution in [0.2, 0.25) is 0 Å². The summed E-state index contributed by atoms with van der Waals surface area (Å²) in [6.07, 6.45) is 2.26. The summed E-state index contributed by atoms with van der Waals surface area (Å²) in [5, 5.41) is 2.64. The van der Waals surface area contributed by atoms with Gasteiger partial charge in [-0.3, -0.25) is 4.90 Å². The van der Waals surface area contributed by atoms with Gasteiger partial charge in [-0.25, -0.2) is 14.4 Å². The highest BCUT2D eigenvalue weighted by Gasteiger charge is 2.45. The van der Waals surface area contributed by atoms with Crippen molar-refractivity contribution in [1.29, 1.82) is 0 Å². The molecule has 0 radical (unpaired) electrons. The lowest BCUT2D eigenvalue weighted by atomic mass is 9.95. The molecule has 2 amide bonds. The predicted molar refractivity (Wildman–Crippen MR) is 121 cm³/mol. The van der Waals surface area contributed by atoms with Crippen molar-refractivity contribution in [3.8, 4) is 0 Å². The van der Waals surface area contributed by atoms with Crippen LogP contribution in [-0.4, -0.2) is 48.3 Å². The lowest BCUT2D eigenvalue weighted by molar-refractivity contribution is -0.149. The number of carbonyl (C=O) groups excluding carboxylic acids is 3. The maximum absolute atomic E-state index is 12.9. The average Bonchev–Trinajstić information content (AvgIpc) is 3.01. The van der Waals surface area contributed by atoms with E-state index in [1.807, 2.05) is 60.7 Å². The van der Waals surface area contributed by atoms with E-state index in [0.29, 0.717) is 0 Å². The van der Waals surface area contributed by atoms with E-state index in [9.17, 15) is 14.4 Å². The van der Waals surface area contributed by atoms with Gasteiger partial charge in [0.05, 0.1) is 19.7 Å². The molecule has 1 aliphatic rings. The Hall–Kier alpha value is -3.81. The topological polar surface area (TPSA) is 94.2 Å². The van der Waals surface area contributed by atoms with Crippen LogP contribution in [0.15, 0.2) is 72.8 Å². The number of nitrogens with one attached hydrogen (secondary N) is 1. The summed E-state index contributed by atoms with van der Waals surface area (Å²) in [5.41, 5.74) is 0.126. The zero-order valence-corrected chi connectivity index (χ0v) is 18.7. The van der Waals surface area contributed by atoms with E-state index < -0.39 is 23.7 Å². The van der Waals surface area contributed by atoms with Crippen LogP contribution in [0.25, 0.3) is 0 Å². The minimum Gasteiger partial charge on any atom is -0.467 e. The number of benzene rings is 2. The molecule has 1 N–H and O–H groups in total. The van der Waals surface area contributed by atoms with Gasteiger partial charge in [0.15, 0.2) is 5.54 Å². The molecule has 0 saturated heterocycles. The molecular weight excluding hydrogens is 424 g/mol. The van der Waals surface area contributed by atoms with Crippen LogP contribution < -0.4 is 5.32 Å². The van der Waals surface area contributed by atoms with E-state index in [1.165, 1.54) is 12.0 Å². The van der Waals surface area contributed by atoms with Crippen molar-refractivity contribution in [3.63, 3.8) is 0 Å². The Bertz CT molecular complexity index is 979. The molecule has 33 heavy (non-hydrogen) atoms. The number of nitrogens with zero attached hydrogens (tertiary/aromatic N) is 1. The quantitative estimate of drug-likeness (QED) is 0.407. The molecule has 3 rings (SSSR count). The van der Waals surface area contributed by atoms with Gasteiger partial charge < -0.3 is 19.5 Å². The molecular formula is C25H28N2O6. The SMILES string of the molecule is COC(=O)[C@]1(NC(=O)OCc2ccccc2)CC=C[C@@H](C)N(C(=O)OCc2ccccc2)C1. The monoisotopic (exact) mass is 452 g/mol. The number of ether oxygens (including phenoxy) is 3. The minimum absolute atomic E-state index is 0.0407. The molecule has 8 heteroatoms. The molecule has 0 bridgehead atoms. The highest BCUT2D eigenvalue weighted by Crippen LogP contribution is 2.23. The third-order valence-corrected chi connectivity index (χ3v) is 5.38. The Labute approximate surface area is 193 Å². The van der Waals surface area contributed by atoms with Crippen molar-refractivity contribution < 1.29 is 28.6 Å². The fourth-order valence-electron chi connectivity index (χ4n) is 3.54. The molecule has 174 valence electrons. The number of rotatable bonds is 6. The summed E-state index contributed by atoms with van der Waals surface area (Å²) >= 11 is 0. The molecule has 1 heterocycles. The van der Waals surface area contributed by atoms with Gasteiger partial charge in [0.25, 0.3) is 0 Å². The first-order chi connectivity index (χ1) is 15.9. The number of amides is 2. The largest absolute Gasteiger partial charge is 0.467 e. The molecule has 1 aliphatic heterocycles. The van der Waals surface area contributed by atoms with Crippen LogP contribution in [-0.2, 0) is 32.2 Å². The van der Waals surface area contributed by atoms with Crippen molar-refractivity contribution >= 4 is 18.2 Å². The molecule has 0 aromatic heterocycles. The first-order valence-corrected chi connectivity index (χ1v) is 10.6. The van der Waals surface area contributed by atoms with Gasteiger partial charge in [0, 0.05) is 6.42 Å². The standard InChI is InChI=1S/C25H28N2O6/c1-19-10-9-15-25(22(28)31-2,26-23(29)32-16-20-11-5-3-6-12-20)18-27(19)24(30)33-17-21-13-7-4-8-14-21/h3-14,19H,15-18H2,1-2H3,(H,26,29)/t19-,25+/m1/s1. The van der Waals surface area contributed by atoms with Crippen LogP contribution in [0.3, 0.4) is 0 Å². The van der Waals surface area contributed by atoms with Gasteiger partial charge in [-0.05, 0) is 18.1 Å². The molecule has 0 spiro atoms. The molecule has 2 aromatic carbocycles. The van der Waals surface area contributed by atoms with Crippen LogP contribution >= 0.6 is 0 Å². The Morgan fingerprint density at radius 1 is 0.970 bits per heavy atom. The molecule has 0 fully saturated rings. The molecule has 0 aliphatic carbocycles. The van der Waals surface area contributed by atoms with Gasteiger partial charge in [-0.1, -0.05) is 72.8 Å². The average molecular weight is 453 g/mol. The second kappa shape index (κ2) is 11.2. The van der Waals surface area contributed by atoms with E-state index in [2.05, 4.69) is 5.32 Å². The smallest absolute Gasteiger partial charge is 0.410 e. The van der Waals surface area contributed by atoms with Gasteiger partial charge in [-0.2, -0.15) is 0 Å². The molecule has 8 nitrogen and oxygen atoms in total. The summed E-state index contributed by atoms with van der Waals surface area (Å²) in [4.78, 5) is 39.7. The van der Waals surface area contributed by atoms with Gasteiger partial charge in [0.1, 0.15) is 13.2 Å². The molecule has 0 saturated carbocycles. The number of methoxy groups -OCH3 is 1. The summed E-state index contributed by atoms with van der Waals surface area (Å²) in [6.45, 7) is 1.80. The van der Waals surface area contributed by atoms with Crippen molar-refractivity contribution in [1.82, 2.24) is 10.2 Å². The predicted octanol–water partition coefficient (Wildman–Crippen LogP) is 3.81. The van der Waals surface area contributed by atoms with E-state index in [4.69, 9.17) is 14.2 Å². The Balaban J connectivity index is 1.72. The number of alkyl carbamates (subject to hydrolysis) is 1. The Morgan fingerprint density at radius 2 is 1.55 bits per heavy atom. The van der Waals surface area contributed by atoms with Crippen molar-refractivity contribution in [3.05, 3.63) is 83.9 Å². The highest BCUT2D eigenvalue weighted by molar-refractivity contribution is 5.87. The normalized spacial score (nSPS) is 19.8. The lowest BCUT2D eigenvalue weighted by Gasteiger charge is -2.35. The zero-order valence-electron chi connectivity index (χ0n) is 18.7. The minimum atomic E-state index is -1.52. The third kappa shape index (κ3) is 6.35. The summed E-state index contributed by atoms with van der Waals surface area (Å²) in [5.74, 6) is -0.682. The molecule has 0 unspecified atom stereocenters. The van der Waals surface area contributed by atoms with Crippen LogP contribution in [0.5, 0.6) is 0 Å². The van der Waals surface area contributed by atoms with Crippen molar-refractivity contribution in [2.75, 3.05) is 13.7 Å². The maximum atomic E-state index is 12.9. The lowest BCUT2D eigenvalue weighted by Crippen LogP contribution is -2.62. The summed E-state index contributed by atoms with van der Waals surface area (Å²) in [7, 11) is 1.23. The van der Waals surface area contributed by atoms with Gasteiger partial charge in [0.2, 0.25) is 0 Å². The fourth-order valence-corrected chi connectivity index (χ4v) is 3.54. The van der Waals surface area contributed by atoms with Gasteiger partial charge >= 0.3 is 18.2 Å². The number of hydrogen-bond acceptors (Lipinski definition) is 6.